The van der Waals surface area contributed by atoms with E-state index in [9.17, 15) is 4.79 Å². The average molecular weight is 541 g/mol. The minimum absolute atomic E-state index is 0.208. The van der Waals surface area contributed by atoms with Crippen LogP contribution in [0.15, 0.2) is 70.2 Å². The van der Waals surface area contributed by atoms with Crippen molar-refractivity contribution < 1.29 is 13.6 Å². The molecule has 6 aromatic rings. The summed E-state index contributed by atoms with van der Waals surface area (Å²) in [6.45, 7) is 3.71. The highest BCUT2D eigenvalue weighted by Gasteiger charge is 2.28. The standard InChI is InChI=1S/C27H20N6O3S2/c1-13-19(24-21(32-26(28)37-24)17-5-3-11-35-17)15(7-9-30-13)23(34)16-8-10-31-14(2)20(16)25-22(33-27(29)38-25)18-6-4-12-36-18/h3-12H,1-2H3,(H2,28,32)(H2,29,33). The third-order valence-electron chi connectivity index (χ3n) is 6.02. The van der Waals surface area contributed by atoms with Gasteiger partial charge in [-0.3, -0.25) is 14.8 Å². The number of hydrogen-bond acceptors (Lipinski definition) is 11. The molecule has 6 heterocycles. The normalized spacial score (nSPS) is 11.2. The second kappa shape index (κ2) is 9.36. The molecule has 0 amide bonds. The molecule has 0 fully saturated rings. The number of aromatic nitrogens is 4. The molecule has 0 aromatic carbocycles. The first-order valence-corrected chi connectivity index (χ1v) is 13.1. The number of carbonyl (C=O) groups is 1. The Balaban J connectivity index is 1.56. The number of ketones is 1. The molecular weight excluding hydrogens is 520 g/mol. The summed E-state index contributed by atoms with van der Waals surface area (Å²) in [5, 5.41) is 0.716. The van der Waals surface area contributed by atoms with Gasteiger partial charge in [-0.05, 0) is 50.2 Å². The van der Waals surface area contributed by atoms with Gasteiger partial charge < -0.3 is 20.3 Å². The van der Waals surface area contributed by atoms with E-state index in [1.165, 1.54) is 22.7 Å². The van der Waals surface area contributed by atoms with Crippen molar-refractivity contribution in [3.8, 4) is 43.8 Å². The van der Waals surface area contributed by atoms with Crippen molar-refractivity contribution in [3.63, 3.8) is 0 Å². The number of hydrogen-bond donors (Lipinski definition) is 2. The molecule has 11 heteroatoms. The molecule has 0 aliphatic heterocycles. The first-order chi connectivity index (χ1) is 18.4. The van der Waals surface area contributed by atoms with Crippen molar-refractivity contribution in [2.75, 3.05) is 11.5 Å². The van der Waals surface area contributed by atoms with E-state index in [1.54, 1.807) is 61.3 Å². The zero-order valence-electron chi connectivity index (χ0n) is 20.3. The fraction of sp³-hybridized carbons (Fsp3) is 0.0741. The number of carbonyl (C=O) groups excluding carboxylic acids is 1. The highest BCUT2D eigenvalue weighted by atomic mass is 32.1. The van der Waals surface area contributed by atoms with Crippen molar-refractivity contribution in [2.24, 2.45) is 0 Å². The molecular formula is C27H20N6O3S2. The van der Waals surface area contributed by atoms with Crippen LogP contribution in [0.3, 0.4) is 0 Å². The van der Waals surface area contributed by atoms with E-state index in [0.29, 0.717) is 76.6 Å². The van der Waals surface area contributed by atoms with Crippen LogP contribution in [0.25, 0.3) is 43.8 Å². The monoisotopic (exact) mass is 540 g/mol. The highest BCUT2D eigenvalue weighted by molar-refractivity contribution is 7.19. The lowest BCUT2D eigenvalue weighted by molar-refractivity contribution is 0.103. The number of nitrogens with two attached hydrogens (primary N) is 2. The van der Waals surface area contributed by atoms with Gasteiger partial charge in [-0.25, -0.2) is 9.97 Å². The van der Waals surface area contributed by atoms with Crippen molar-refractivity contribution >= 4 is 38.7 Å². The molecule has 9 nitrogen and oxygen atoms in total. The Kier molecular flexibility index (Phi) is 5.86. The molecule has 6 rings (SSSR count). The predicted molar refractivity (Wildman–Crippen MR) is 148 cm³/mol. The number of thiazole rings is 2. The van der Waals surface area contributed by atoms with Gasteiger partial charge in [0.15, 0.2) is 27.6 Å². The van der Waals surface area contributed by atoms with Gasteiger partial charge in [0, 0.05) is 46.0 Å². The minimum Gasteiger partial charge on any atom is -0.463 e. The molecule has 0 bridgehead atoms. The summed E-state index contributed by atoms with van der Waals surface area (Å²) >= 11 is 2.56. The number of nitrogen functional groups attached to an aromatic ring is 2. The summed E-state index contributed by atoms with van der Waals surface area (Å²) in [4.78, 5) is 33.7. The molecule has 0 saturated heterocycles. The smallest absolute Gasteiger partial charge is 0.194 e. The second-order valence-corrected chi connectivity index (χ2v) is 10.4. The first kappa shape index (κ1) is 23.8. The molecule has 0 aliphatic rings. The number of furan rings is 2. The largest absolute Gasteiger partial charge is 0.463 e. The van der Waals surface area contributed by atoms with E-state index in [-0.39, 0.29) is 5.78 Å². The summed E-state index contributed by atoms with van der Waals surface area (Å²) in [6, 6.07) is 10.6. The van der Waals surface area contributed by atoms with Gasteiger partial charge in [-0.2, -0.15) is 0 Å². The van der Waals surface area contributed by atoms with Crippen LogP contribution in [0, 0.1) is 13.8 Å². The number of nitrogens with zero attached hydrogens (tertiary/aromatic N) is 4. The summed E-state index contributed by atoms with van der Waals surface area (Å²) in [5.41, 5.74) is 16.9. The number of anilines is 2. The van der Waals surface area contributed by atoms with E-state index in [0.717, 1.165) is 0 Å². The van der Waals surface area contributed by atoms with Gasteiger partial charge in [0.25, 0.3) is 0 Å². The molecule has 6 aromatic heterocycles. The molecule has 0 aliphatic carbocycles. The first-order valence-electron chi connectivity index (χ1n) is 11.5. The maximum atomic E-state index is 14.4. The zero-order valence-corrected chi connectivity index (χ0v) is 21.9. The van der Waals surface area contributed by atoms with E-state index in [2.05, 4.69) is 19.9 Å². The van der Waals surface area contributed by atoms with Crippen molar-refractivity contribution in [3.05, 3.63) is 83.8 Å². The quantitative estimate of drug-likeness (QED) is 0.234. The van der Waals surface area contributed by atoms with E-state index >= 15 is 0 Å². The summed E-state index contributed by atoms with van der Waals surface area (Å²) < 4.78 is 11.2. The van der Waals surface area contributed by atoms with E-state index in [1.807, 2.05) is 13.8 Å². The third kappa shape index (κ3) is 3.98. The van der Waals surface area contributed by atoms with Crippen LogP contribution in [0.4, 0.5) is 10.3 Å². The van der Waals surface area contributed by atoms with Crippen LogP contribution < -0.4 is 11.5 Å². The van der Waals surface area contributed by atoms with Gasteiger partial charge in [-0.1, -0.05) is 22.7 Å². The van der Waals surface area contributed by atoms with Gasteiger partial charge in [0.2, 0.25) is 0 Å². The zero-order chi connectivity index (χ0) is 26.4. The average Bonchev–Trinajstić information content (AvgIpc) is 3.70. The van der Waals surface area contributed by atoms with Gasteiger partial charge in [0.05, 0.1) is 22.3 Å². The number of pyridine rings is 2. The van der Waals surface area contributed by atoms with Crippen molar-refractivity contribution in [1.29, 1.82) is 0 Å². The van der Waals surface area contributed by atoms with Crippen molar-refractivity contribution in [1.82, 2.24) is 19.9 Å². The van der Waals surface area contributed by atoms with Crippen LogP contribution in [0.1, 0.15) is 27.3 Å². The van der Waals surface area contributed by atoms with E-state index in [4.69, 9.17) is 20.3 Å². The molecule has 38 heavy (non-hydrogen) atoms. The second-order valence-electron chi connectivity index (χ2n) is 8.38. The van der Waals surface area contributed by atoms with Gasteiger partial charge >= 0.3 is 0 Å². The van der Waals surface area contributed by atoms with Crippen LogP contribution in [-0.4, -0.2) is 25.7 Å². The van der Waals surface area contributed by atoms with Crippen LogP contribution >= 0.6 is 22.7 Å². The molecule has 0 saturated carbocycles. The third-order valence-corrected chi connectivity index (χ3v) is 7.83. The fourth-order valence-corrected chi connectivity index (χ4v) is 6.30. The predicted octanol–water partition coefficient (Wildman–Crippen LogP) is 6.26. The van der Waals surface area contributed by atoms with Crippen molar-refractivity contribution in [2.45, 2.75) is 13.8 Å². The van der Waals surface area contributed by atoms with Gasteiger partial charge in [-0.15, -0.1) is 0 Å². The topological polar surface area (TPSA) is 147 Å². The maximum Gasteiger partial charge on any atom is 0.194 e. The summed E-state index contributed by atoms with van der Waals surface area (Å²) in [5.74, 6) is 0.900. The van der Waals surface area contributed by atoms with Crippen LogP contribution in [0.5, 0.6) is 0 Å². The van der Waals surface area contributed by atoms with Crippen LogP contribution in [-0.2, 0) is 0 Å². The number of rotatable bonds is 6. The molecule has 0 radical (unpaired) electrons. The fourth-order valence-electron chi connectivity index (χ4n) is 4.40. The lowest BCUT2D eigenvalue weighted by atomic mass is 9.92. The van der Waals surface area contributed by atoms with E-state index < -0.39 is 0 Å². The minimum atomic E-state index is -0.208. The summed E-state index contributed by atoms with van der Waals surface area (Å²) in [6.07, 6.45) is 6.38. The SMILES string of the molecule is Cc1nccc(C(=O)c2ccnc(C)c2-c2sc(N)nc2-c2ccco2)c1-c1sc(N)nc1-c1ccco1. The molecule has 4 N–H and O–H groups in total. The maximum absolute atomic E-state index is 14.4. The molecule has 0 spiro atoms. The summed E-state index contributed by atoms with van der Waals surface area (Å²) in [7, 11) is 0. The Morgan fingerprint density at radius 2 is 1.18 bits per heavy atom. The Morgan fingerprint density at radius 1 is 0.737 bits per heavy atom. The Labute approximate surface area is 224 Å². The lowest BCUT2D eigenvalue weighted by Crippen LogP contribution is -2.09. The van der Waals surface area contributed by atoms with Gasteiger partial charge in [0.1, 0.15) is 11.4 Å². The molecule has 0 atom stereocenters. The Morgan fingerprint density at radius 3 is 1.58 bits per heavy atom. The Hall–Kier alpha value is -4.61. The number of aryl methyl sites for hydroxylation is 2. The Bertz CT molecular complexity index is 1660. The molecule has 0 unspecified atom stereocenters. The molecule has 188 valence electrons. The van der Waals surface area contributed by atoms with Crippen LogP contribution in [0.2, 0.25) is 0 Å². The lowest BCUT2D eigenvalue weighted by Gasteiger charge is -2.14. The highest BCUT2D eigenvalue weighted by Crippen LogP contribution is 2.44.